The van der Waals surface area contributed by atoms with Crippen LogP contribution in [0, 0.1) is 0 Å². The largest absolute Gasteiger partial charge is 0.341 e. The minimum atomic E-state index is 0.0910. The minimum Gasteiger partial charge on any atom is -0.341 e. The van der Waals surface area contributed by atoms with Crippen molar-refractivity contribution in [3.05, 3.63) is 0 Å². The summed E-state index contributed by atoms with van der Waals surface area (Å²) in [5, 5.41) is 3.34. The van der Waals surface area contributed by atoms with Crippen LogP contribution in [0.25, 0.3) is 0 Å². The number of amides is 1. The molecule has 16 heavy (non-hydrogen) atoms. The monoisotopic (exact) mass is 242 g/mol. The molecule has 1 amide bonds. The van der Waals surface area contributed by atoms with E-state index in [0.29, 0.717) is 11.9 Å². The second kappa shape index (κ2) is 5.92. The number of piperidine rings is 1. The summed E-state index contributed by atoms with van der Waals surface area (Å²) >= 11 is 2.01. The Hall–Kier alpha value is -0.220. The van der Waals surface area contributed by atoms with Crippen LogP contribution in [0.3, 0.4) is 0 Å². The van der Waals surface area contributed by atoms with Crippen molar-refractivity contribution >= 4 is 17.7 Å². The predicted octanol–water partition coefficient (Wildman–Crippen LogP) is 1.48. The van der Waals surface area contributed by atoms with Gasteiger partial charge in [-0.25, -0.2) is 0 Å². The van der Waals surface area contributed by atoms with Crippen molar-refractivity contribution in [2.24, 2.45) is 0 Å². The molecule has 0 unspecified atom stereocenters. The lowest BCUT2D eigenvalue weighted by Gasteiger charge is -2.34. The number of hydrogen-bond donors (Lipinski definition) is 1. The Labute approximate surface area is 102 Å². The molecule has 2 heterocycles. The second-order valence-electron chi connectivity index (χ2n) is 4.80. The zero-order valence-corrected chi connectivity index (χ0v) is 10.9. The summed E-state index contributed by atoms with van der Waals surface area (Å²) in [5.41, 5.74) is 0. The van der Waals surface area contributed by atoms with Crippen LogP contribution >= 0.6 is 11.8 Å². The van der Waals surface area contributed by atoms with Crippen molar-refractivity contribution < 1.29 is 4.79 Å². The highest BCUT2D eigenvalue weighted by molar-refractivity contribution is 7.99. The molecule has 1 atom stereocenters. The lowest BCUT2D eigenvalue weighted by Crippen LogP contribution is -2.51. The summed E-state index contributed by atoms with van der Waals surface area (Å²) in [6, 6.07) is 0.575. The first-order chi connectivity index (χ1) is 7.79. The minimum absolute atomic E-state index is 0.0910. The Kier molecular flexibility index (Phi) is 4.53. The molecular formula is C12H22N2OS. The van der Waals surface area contributed by atoms with Crippen LogP contribution in [-0.4, -0.2) is 48.0 Å². The first-order valence-electron chi connectivity index (χ1n) is 6.37. The number of likely N-dealkylation sites (N-methyl/N-ethyl adjacent to an activating group) is 1. The highest BCUT2D eigenvalue weighted by atomic mass is 32.2. The van der Waals surface area contributed by atoms with Crippen LogP contribution in [0.15, 0.2) is 0 Å². The van der Waals surface area contributed by atoms with Gasteiger partial charge in [0.2, 0.25) is 5.91 Å². The summed E-state index contributed by atoms with van der Waals surface area (Å²) < 4.78 is 0. The third kappa shape index (κ3) is 2.92. The summed E-state index contributed by atoms with van der Waals surface area (Å²) in [6.45, 7) is 1.00. The molecule has 92 valence electrons. The van der Waals surface area contributed by atoms with Gasteiger partial charge in [-0.3, -0.25) is 4.79 Å². The van der Waals surface area contributed by atoms with Gasteiger partial charge in [-0.2, -0.15) is 11.8 Å². The standard InChI is InChI=1S/C12H22N2OS/c1-14(10-5-8-16-9-6-10)12(15)11-4-2-3-7-13-11/h10-11,13H,2-9H2,1H3/t11-/m1/s1. The summed E-state index contributed by atoms with van der Waals surface area (Å²) in [6.07, 6.45) is 5.76. The first kappa shape index (κ1) is 12.2. The normalized spacial score (nSPS) is 27.7. The molecule has 0 aromatic heterocycles. The fourth-order valence-electron chi connectivity index (χ4n) is 2.56. The average molecular weight is 242 g/mol. The molecule has 4 heteroatoms. The molecule has 2 saturated heterocycles. The van der Waals surface area contributed by atoms with Gasteiger partial charge in [0.25, 0.3) is 0 Å². The van der Waals surface area contributed by atoms with E-state index in [9.17, 15) is 4.79 Å². The summed E-state index contributed by atoms with van der Waals surface area (Å²) in [5.74, 6) is 2.73. The van der Waals surface area contributed by atoms with Crippen molar-refractivity contribution in [1.82, 2.24) is 10.2 Å². The Bertz CT molecular complexity index is 235. The fourth-order valence-corrected chi connectivity index (χ4v) is 3.64. The van der Waals surface area contributed by atoms with Gasteiger partial charge in [0.1, 0.15) is 0 Å². The number of carbonyl (C=O) groups is 1. The van der Waals surface area contributed by atoms with Gasteiger partial charge in [0.05, 0.1) is 6.04 Å². The molecular weight excluding hydrogens is 220 g/mol. The van der Waals surface area contributed by atoms with Gasteiger partial charge < -0.3 is 10.2 Å². The zero-order valence-electron chi connectivity index (χ0n) is 10.1. The molecule has 2 aliphatic rings. The van der Waals surface area contributed by atoms with Gasteiger partial charge in [-0.1, -0.05) is 6.42 Å². The summed E-state index contributed by atoms with van der Waals surface area (Å²) in [7, 11) is 1.99. The number of rotatable bonds is 2. The molecule has 0 aromatic carbocycles. The van der Waals surface area contributed by atoms with E-state index in [4.69, 9.17) is 0 Å². The van der Waals surface area contributed by atoms with Gasteiger partial charge in [-0.05, 0) is 43.7 Å². The average Bonchev–Trinajstić information content (AvgIpc) is 2.39. The Morgan fingerprint density at radius 2 is 2.00 bits per heavy atom. The maximum atomic E-state index is 12.3. The molecule has 0 aromatic rings. The van der Waals surface area contributed by atoms with E-state index >= 15 is 0 Å². The second-order valence-corrected chi connectivity index (χ2v) is 6.02. The lowest BCUT2D eigenvalue weighted by molar-refractivity contribution is -0.135. The quantitative estimate of drug-likeness (QED) is 0.796. The fraction of sp³-hybridized carbons (Fsp3) is 0.917. The summed E-state index contributed by atoms with van der Waals surface area (Å²) in [4.78, 5) is 14.3. The predicted molar refractivity (Wildman–Crippen MR) is 68.8 cm³/mol. The topological polar surface area (TPSA) is 32.3 Å². The van der Waals surface area contributed by atoms with Gasteiger partial charge in [-0.15, -0.1) is 0 Å². The van der Waals surface area contributed by atoms with E-state index < -0.39 is 0 Å². The molecule has 1 N–H and O–H groups in total. The van der Waals surface area contributed by atoms with E-state index in [1.807, 2.05) is 23.7 Å². The van der Waals surface area contributed by atoms with Crippen LogP contribution in [0.1, 0.15) is 32.1 Å². The van der Waals surface area contributed by atoms with Crippen molar-refractivity contribution in [3.8, 4) is 0 Å². The Morgan fingerprint density at radius 3 is 2.62 bits per heavy atom. The molecule has 0 aliphatic carbocycles. The van der Waals surface area contributed by atoms with E-state index in [-0.39, 0.29) is 6.04 Å². The molecule has 2 rings (SSSR count). The highest BCUT2D eigenvalue weighted by Gasteiger charge is 2.28. The molecule has 0 radical (unpaired) electrons. The molecule has 2 fully saturated rings. The van der Waals surface area contributed by atoms with Crippen molar-refractivity contribution in [2.45, 2.75) is 44.2 Å². The van der Waals surface area contributed by atoms with Crippen LogP contribution < -0.4 is 5.32 Å². The highest BCUT2D eigenvalue weighted by Crippen LogP contribution is 2.22. The molecule has 0 bridgehead atoms. The van der Waals surface area contributed by atoms with Crippen molar-refractivity contribution in [2.75, 3.05) is 25.1 Å². The lowest BCUT2D eigenvalue weighted by atomic mass is 10.0. The molecule has 3 nitrogen and oxygen atoms in total. The number of nitrogens with zero attached hydrogens (tertiary/aromatic N) is 1. The third-order valence-electron chi connectivity index (χ3n) is 3.69. The Morgan fingerprint density at radius 1 is 1.25 bits per heavy atom. The first-order valence-corrected chi connectivity index (χ1v) is 7.52. The van der Waals surface area contributed by atoms with E-state index in [0.717, 1.165) is 13.0 Å². The van der Waals surface area contributed by atoms with Crippen molar-refractivity contribution in [1.29, 1.82) is 0 Å². The Balaban J connectivity index is 1.86. The van der Waals surface area contributed by atoms with E-state index in [2.05, 4.69) is 5.32 Å². The number of nitrogens with one attached hydrogen (secondary N) is 1. The maximum Gasteiger partial charge on any atom is 0.239 e. The molecule has 2 aliphatic heterocycles. The van der Waals surface area contributed by atoms with Crippen LogP contribution in [0.5, 0.6) is 0 Å². The molecule has 0 spiro atoms. The van der Waals surface area contributed by atoms with Crippen LogP contribution in [0.2, 0.25) is 0 Å². The van der Waals surface area contributed by atoms with Gasteiger partial charge in [0, 0.05) is 13.1 Å². The van der Waals surface area contributed by atoms with E-state index in [1.165, 1.54) is 37.2 Å². The number of carbonyl (C=O) groups excluding carboxylic acids is 1. The van der Waals surface area contributed by atoms with Crippen LogP contribution in [0.4, 0.5) is 0 Å². The maximum absolute atomic E-state index is 12.3. The van der Waals surface area contributed by atoms with Gasteiger partial charge in [0.15, 0.2) is 0 Å². The van der Waals surface area contributed by atoms with Gasteiger partial charge >= 0.3 is 0 Å². The number of thioether (sulfide) groups is 1. The van der Waals surface area contributed by atoms with Crippen molar-refractivity contribution in [3.63, 3.8) is 0 Å². The smallest absolute Gasteiger partial charge is 0.239 e. The SMILES string of the molecule is CN(C(=O)[C@H]1CCCCN1)C1CCSCC1. The van der Waals surface area contributed by atoms with E-state index in [1.54, 1.807) is 0 Å². The molecule has 0 saturated carbocycles. The number of hydrogen-bond acceptors (Lipinski definition) is 3. The van der Waals surface area contributed by atoms with Crippen LogP contribution in [-0.2, 0) is 4.79 Å². The third-order valence-corrected chi connectivity index (χ3v) is 4.74. The zero-order chi connectivity index (χ0) is 11.4.